The largest absolute Gasteiger partial charge is 0.482 e. The second-order valence-corrected chi connectivity index (χ2v) is 6.55. The molecular weight excluding hydrogens is 296 g/mol. The fourth-order valence-electron chi connectivity index (χ4n) is 1.86. The molecule has 1 aliphatic heterocycles. The van der Waals surface area contributed by atoms with Crippen molar-refractivity contribution in [1.82, 2.24) is 4.72 Å². The molecule has 5 N–H and O–H groups in total. The number of amides is 1. The van der Waals surface area contributed by atoms with Gasteiger partial charge in [-0.05, 0) is 12.5 Å². The zero-order chi connectivity index (χ0) is 15.5. The average Bonchev–Trinajstić information content (AvgIpc) is 2.38. The van der Waals surface area contributed by atoms with Crippen LogP contribution in [0.2, 0.25) is 0 Å². The number of rotatable bonds is 6. The minimum Gasteiger partial charge on any atom is -0.482 e. The van der Waals surface area contributed by atoms with E-state index in [1.165, 1.54) is 0 Å². The number of nitrogens with one attached hydrogen (secondary N) is 3. The Hall–Kier alpha value is -2.00. The van der Waals surface area contributed by atoms with Gasteiger partial charge in [0.05, 0.1) is 23.3 Å². The van der Waals surface area contributed by atoms with Gasteiger partial charge in [0.15, 0.2) is 6.61 Å². The summed E-state index contributed by atoms with van der Waals surface area (Å²) in [5.74, 6) is 0.326. The summed E-state index contributed by atoms with van der Waals surface area (Å²) in [7, 11) is -3.16. The van der Waals surface area contributed by atoms with E-state index in [2.05, 4.69) is 15.4 Å². The number of nitrogens with two attached hydrogens (primary N) is 1. The smallest absolute Gasteiger partial charge is 0.262 e. The molecule has 1 aromatic carbocycles. The standard InChI is InChI=1S/C12H18N4O4S/c1-21(18,19)15-4-2-3-14-9-6-10-11(5-8(9)13)20-7-12(17)16-10/h5-6,14-15H,2-4,7,13H2,1H3,(H,16,17). The van der Waals surface area contributed by atoms with Gasteiger partial charge in [-0.1, -0.05) is 0 Å². The quantitative estimate of drug-likeness (QED) is 0.431. The first-order chi connectivity index (χ1) is 9.85. The molecule has 0 atom stereocenters. The molecular formula is C12H18N4O4S. The minimum absolute atomic E-state index is 0.0175. The predicted molar refractivity (Wildman–Crippen MR) is 80.9 cm³/mol. The third kappa shape index (κ3) is 4.50. The molecule has 0 unspecified atom stereocenters. The van der Waals surface area contributed by atoms with Crippen molar-refractivity contribution in [2.24, 2.45) is 0 Å². The molecule has 1 heterocycles. The number of anilines is 3. The fourth-order valence-corrected chi connectivity index (χ4v) is 2.38. The normalized spacial score (nSPS) is 14.0. The number of sulfonamides is 1. The first kappa shape index (κ1) is 15.4. The molecule has 1 amide bonds. The number of ether oxygens (including phenoxy) is 1. The lowest BCUT2D eigenvalue weighted by molar-refractivity contribution is -0.118. The molecule has 116 valence electrons. The maximum Gasteiger partial charge on any atom is 0.262 e. The minimum atomic E-state index is -3.16. The van der Waals surface area contributed by atoms with Crippen LogP contribution >= 0.6 is 0 Å². The van der Waals surface area contributed by atoms with E-state index in [0.717, 1.165) is 6.26 Å². The van der Waals surface area contributed by atoms with Crippen molar-refractivity contribution in [2.75, 3.05) is 42.3 Å². The van der Waals surface area contributed by atoms with E-state index in [1.54, 1.807) is 12.1 Å². The van der Waals surface area contributed by atoms with Gasteiger partial charge < -0.3 is 21.1 Å². The third-order valence-corrected chi connectivity index (χ3v) is 3.55. The van der Waals surface area contributed by atoms with Crippen molar-refractivity contribution >= 4 is 33.0 Å². The van der Waals surface area contributed by atoms with E-state index in [0.29, 0.717) is 42.3 Å². The van der Waals surface area contributed by atoms with Crippen LogP contribution in [0.1, 0.15) is 6.42 Å². The summed E-state index contributed by atoms with van der Waals surface area (Å²) in [6, 6.07) is 3.34. The molecule has 0 bridgehead atoms. The molecule has 1 aromatic rings. The first-order valence-corrected chi connectivity index (χ1v) is 8.29. The Labute approximate surface area is 123 Å². The Morgan fingerprint density at radius 2 is 2.14 bits per heavy atom. The van der Waals surface area contributed by atoms with Gasteiger partial charge in [-0.2, -0.15) is 0 Å². The van der Waals surface area contributed by atoms with Gasteiger partial charge in [0.1, 0.15) is 5.75 Å². The molecule has 0 spiro atoms. The van der Waals surface area contributed by atoms with Gasteiger partial charge in [-0.25, -0.2) is 13.1 Å². The lowest BCUT2D eigenvalue weighted by atomic mass is 10.2. The molecule has 0 aromatic heterocycles. The van der Waals surface area contributed by atoms with Crippen molar-refractivity contribution in [2.45, 2.75) is 6.42 Å². The van der Waals surface area contributed by atoms with Crippen molar-refractivity contribution in [3.63, 3.8) is 0 Å². The highest BCUT2D eigenvalue weighted by molar-refractivity contribution is 7.88. The number of hydrogen-bond acceptors (Lipinski definition) is 6. The van der Waals surface area contributed by atoms with Gasteiger partial charge in [0.25, 0.3) is 5.91 Å². The zero-order valence-electron chi connectivity index (χ0n) is 11.6. The molecule has 0 saturated carbocycles. The molecule has 8 nitrogen and oxygen atoms in total. The first-order valence-electron chi connectivity index (χ1n) is 6.40. The van der Waals surface area contributed by atoms with Crippen LogP contribution < -0.4 is 25.8 Å². The maximum absolute atomic E-state index is 11.3. The second-order valence-electron chi connectivity index (χ2n) is 4.72. The highest BCUT2D eigenvalue weighted by atomic mass is 32.2. The Kier molecular flexibility index (Phi) is 4.53. The molecule has 21 heavy (non-hydrogen) atoms. The Balaban J connectivity index is 1.91. The Bertz CT molecular complexity index is 645. The molecule has 0 radical (unpaired) electrons. The third-order valence-electron chi connectivity index (χ3n) is 2.82. The maximum atomic E-state index is 11.3. The highest BCUT2D eigenvalue weighted by Gasteiger charge is 2.17. The summed E-state index contributed by atoms with van der Waals surface area (Å²) in [6.45, 7) is 0.868. The number of hydrogen-bond donors (Lipinski definition) is 4. The van der Waals surface area contributed by atoms with E-state index in [1.807, 2.05) is 0 Å². The van der Waals surface area contributed by atoms with Crippen LogP contribution in [-0.2, 0) is 14.8 Å². The van der Waals surface area contributed by atoms with Crippen molar-refractivity contribution < 1.29 is 17.9 Å². The predicted octanol–water partition coefficient (Wildman–Crippen LogP) is -0.0491. The van der Waals surface area contributed by atoms with Gasteiger partial charge in [0, 0.05) is 19.2 Å². The van der Waals surface area contributed by atoms with Gasteiger partial charge in [0.2, 0.25) is 10.0 Å². The van der Waals surface area contributed by atoms with Gasteiger partial charge >= 0.3 is 0 Å². The zero-order valence-corrected chi connectivity index (χ0v) is 12.4. The van der Waals surface area contributed by atoms with Crippen LogP contribution in [0.15, 0.2) is 12.1 Å². The van der Waals surface area contributed by atoms with Crippen LogP contribution in [0.5, 0.6) is 5.75 Å². The van der Waals surface area contributed by atoms with Crippen molar-refractivity contribution in [3.8, 4) is 5.75 Å². The summed E-state index contributed by atoms with van der Waals surface area (Å²) in [6.07, 6.45) is 1.72. The summed E-state index contributed by atoms with van der Waals surface area (Å²) >= 11 is 0. The van der Waals surface area contributed by atoms with Crippen LogP contribution in [-0.4, -0.2) is 40.3 Å². The van der Waals surface area contributed by atoms with E-state index in [-0.39, 0.29) is 12.5 Å². The van der Waals surface area contributed by atoms with Crippen LogP contribution in [0, 0.1) is 0 Å². The van der Waals surface area contributed by atoms with Gasteiger partial charge in [-0.15, -0.1) is 0 Å². The number of carbonyl (C=O) groups excluding carboxylic acids is 1. The molecule has 2 rings (SSSR count). The number of carbonyl (C=O) groups is 1. The van der Waals surface area contributed by atoms with Crippen LogP contribution in [0.25, 0.3) is 0 Å². The topological polar surface area (TPSA) is 123 Å². The summed E-state index contributed by atoms with van der Waals surface area (Å²) in [5.41, 5.74) is 7.63. The van der Waals surface area contributed by atoms with E-state index >= 15 is 0 Å². The van der Waals surface area contributed by atoms with Crippen molar-refractivity contribution in [1.29, 1.82) is 0 Å². The number of nitrogen functional groups attached to an aromatic ring is 1. The summed E-state index contributed by atoms with van der Waals surface area (Å²) in [5, 5.41) is 5.80. The van der Waals surface area contributed by atoms with Crippen LogP contribution in [0.4, 0.5) is 17.1 Å². The molecule has 9 heteroatoms. The number of benzene rings is 1. The molecule has 1 aliphatic rings. The lowest BCUT2D eigenvalue weighted by Crippen LogP contribution is -2.26. The molecule has 0 aliphatic carbocycles. The van der Waals surface area contributed by atoms with E-state index in [9.17, 15) is 13.2 Å². The van der Waals surface area contributed by atoms with E-state index in [4.69, 9.17) is 10.5 Å². The fraction of sp³-hybridized carbons (Fsp3) is 0.417. The molecule has 0 fully saturated rings. The average molecular weight is 314 g/mol. The summed E-state index contributed by atoms with van der Waals surface area (Å²) < 4.78 is 29.5. The Morgan fingerprint density at radius 1 is 1.38 bits per heavy atom. The van der Waals surface area contributed by atoms with E-state index < -0.39 is 10.0 Å². The van der Waals surface area contributed by atoms with Gasteiger partial charge in [-0.3, -0.25) is 4.79 Å². The second kappa shape index (κ2) is 6.19. The van der Waals surface area contributed by atoms with Crippen molar-refractivity contribution in [3.05, 3.63) is 12.1 Å². The number of fused-ring (bicyclic) bond motifs is 1. The van der Waals surface area contributed by atoms with Crippen LogP contribution in [0.3, 0.4) is 0 Å². The lowest BCUT2D eigenvalue weighted by Gasteiger charge is -2.20. The summed E-state index contributed by atoms with van der Waals surface area (Å²) in [4.78, 5) is 11.3. The highest BCUT2D eigenvalue weighted by Crippen LogP contribution is 2.34. The molecule has 0 saturated heterocycles. The Morgan fingerprint density at radius 3 is 2.86 bits per heavy atom. The monoisotopic (exact) mass is 314 g/mol. The SMILES string of the molecule is CS(=O)(=O)NCCCNc1cc2c(cc1N)OCC(=O)N2.